The van der Waals surface area contributed by atoms with Gasteiger partial charge in [0.1, 0.15) is 10.7 Å². The highest BCUT2D eigenvalue weighted by Gasteiger charge is 2.53. The Bertz CT molecular complexity index is 994. The monoisotopic (exact) mass is 428 g/mol. The van der Waals surface area contributed by atoms with Gasteiger partial charge < -0.3 is 0 Å². The smallest absolute Gasteiger partial charge is 0.263 e. The molecule has 1 atom stereocenters. The number of H-pyrrole nitrogens is 1. The third-order valence-electron chi connectivity index (χ3n) is 6.38. The summed E-state index contributed by atoms with van der Waals surface area (Å²) in [7, 11) is -3.94. The molecule has 2 aromatic heterocycles. The summed E-state index contributed by atoms with van der Waals surface area (Å²) in [5.74, 6) is 1.51. The number of aromatic nitrogens is 5. The number of aromatic amines is 1. The lowest BCUT2D eigenvalue weighted by molar-refractivity contribution is 0.0541. The first-order valence-electron chi connectivity index (χ1n) is 9.90. The highest BCUT2D eigenvalue weighted by atomic mass is 32.2. The highest BCUT2D eigenvalue weighted by molar-refractivity contribution is 7.89. The zero-order valence-electron chi connectivity index (χ0n) is 16.8. The highest BCUT2D eigenvalue weighted by Crippen LogP contribution is 2.53. The van der Waals surface area contributed by atoms with Gasteiger partial charge in [0.15, 0.2) is 5.82 Å². The molecule has 1 unspecified atom stereocenters. The molecule has 29 heavy (non-hydrogen) atoms. The van der Waals surface area contributed by atoms with Gasteiger partial charge in [0.05, 0.1) is 11.9 Å². The van der Waals surface area contributed by atoms with Crippen LogP contribution in [0.5, 0.6) is 0 Å². The van der Waals surface area contributed by atoms with Gasteiger partial charge in [-0.15, -0.1) is 0 Å². The molecular weight excluding hydrogens is 402 g/mol. The SMILES string of the molecule is Cc1c(S(=O)(=O)N2CC(c3nc(C(C)C)n[nH]3)C3(CCCC3)C2)cnn1C(F)F. The number of sulfonamides is 1. The molecule has 1 spiro atoms. The lowest BCUT2D eigenvalue weighted by Crippen LogP contribution is -2.31. The number of rotatable bonds is 5. The minimum Gasteiger partial charge on any atom is -0.263 e. The standard InChI is InChI=1S/C18H26F2N6O2S/c1-11(2)15-22-16(24-23-15)13-9-25(10-18(13)6-4-5-7-18)29(27,28)14-8-21-26(12(14)3)17(19)20/h8,11,13,17H,4-7,9-10H2,1-3H3,(H,22,23,24). The average molecular weight is 429 g/mol. The fourth-order valence-electron chi connectivity index (χ4n) is 4.77. The molecule has 0 aromatic carbocycles. The molecule has 4 rings (SSSR count). The molecule has 0 radical (unpaired) electrons. The molecule has 1 N–H and O–H groups in total. The molecule has 1 aliphatic carbocycles. The van der Waals surface area contributed by atoms with Gasteiger partial charge in [0.2, 0.25) is 10.0 Å². The average Bonchev–Trinajstić information content (AvgIpc) is 3.41. The lowest BCUT2D eigenvalue weighted by Gasteiger charge is -2.28. The molecule has 1 saturated carbocycles. The van der Waals surface area contributed by atoms with Crippen molar-refractivity contribution in [3.8, 4) is 0 Å². The van der Waals surface area contributed by atoms with Crippen LogP contribution in [0.2, 0.25) is 0 Å². The van der Waals surface area contributed by atoms with Gasteiger partial charge in [-0.3, -0.25) is 5.10 Å². The van der Waals surface area contributed by atoms with E-state index in [0.29, 0.717) is 22.9 Å². The van der Waals surface area contributed by atoms with Crippen LogP contribution in [0.25, 0.3) is 0 Å². The van der Waals surface area contributed by atoms with Gasteiger partial charge in [-0.1, -0.05) is 26.7 Å². The number of nitrogens with one attached hydrogen (secondary N) is 1. The molecule has 2 aliphatic rings. The van der Waals surface area contributed by atoms with E-state index in [2.05, 4.69) is 20.3 Å². The Labute approximate surface area is 168 Å². The quantitative estimate of drug-likeness (QED) is 0.789. The second-order valence-corrected chi connectivity index (χ2v) is 10.4. The van der Waals surface area contributed by atoms with E-state index in [1.807, 2.05) is 13.8 Å². The van der Waals surface area contributed by atoms with E-state index in [9.17, 15) is 17.2 Å². The second kappa shape index (κ2) is 7.12. The van der Waals surface area contributed by atoms with Crippen LogP contribution in [-0.4, -0.2) is 50.8 Å². The molecule has 0 amide bonds. The molecule has 2 fully saturated rings. The zero-order chi connectivity index (χ0) is 21.0. The zero-order valence-corrected chi connectivity index (χ0v) is 17.6. The number of halogens is 2. The number of nitrogens with zero attached hydrogens (tertiary/aromatic N) is 5. The Morgan fingerprint density at radius 1 is 1.28 bits per heavy atom. The van der Waals surface area contributed by atoms with Crippen LogP contribution in [0.15, 0.2) is 11.1 Å². The van der Waals surface area contributed by atoms with Crippen LogP contribution in [0.1, 0.15) is 75.3 Å². The predicted molar refractivity (Wildman–Crippen MR) is 101 cm³/mol. The third kappa shape index (κ3) is 3.27. The number of hydrogen-bond acceptors (Lipinski definition) is 5. The van der Waals surface area contributed by atoms with Crippen molar-refractivity contribution in [3.05, 3.63) is 23.5 Å². The van der Waals surface area contributed by atoms with Crippen LogP contribution in [0.3, 0.4) is 0 Å². The maximum absolute atomic E-state index is 13.3. The van der Waals surface area contributed by atoms with Gasteiger partial charge in [0, 0.05) is 24.9 Å². The molecule has 3 heterocycles. The summed E-state index contributed by atoms with van der Waals surface area (Å²) in [5.41, 5.74) is -0.251. The lowest BCUT2D eigenvalue weighted by atomic mass is 9.76. The Kier molecular flexibility index (Phi) is 5.01. The van der Waals surface area contributed by atoms with E-state index in [4.69, 9.17) is 0 Å². The molecule has 0 bridgehead atoms. The Morgan fingerprint density at radius 2 is 1.97 bits per heavy atom. The first-order chi connectivity index (χ1) is 13.7. The fraction of sp³-hybridized carbons (Fsp3) is 0.722. The maximum Gasteiger partial charge on any atom is 0.333 e. The van der Waals surface area contributed by atoms with Gasteiger partial charge in [-0.25, -0.2) is 18.1 Å². The maximum atomic E-state index is 13.3. The molecule has 2 aromatic rings. The molecule has 8 nitrogen and oxygen atoms in total. The van der Waals surface area contributed by atoms with Crippen molar-refractivity contribution >= 4 is 10.0 Å². The predicted octanol–water partition coefficient (Wildman–Crippen LogP) is 3.18. The van der Waals surface area contributed by atoms with Crippen molar-refractivity contribution in [2.24, 2.45) is 5.41 Å². The third-order valence-corrected chi connectivity index (χ3v) is 8.30. The van der Waals surface area contributed by atoms with Crippen LogP contribution < -0.4 is 0 Å². The summed E-state index contributed by atoms with van der Waals surface area (Å²) in [5, 5.41) is 10.9. The summed E-state index contributed by atoms with van der Waals surface area (Å²) in [6.45, 7) is 3.11. The van der Waals surface area contributed by atoms with Crippen LogP contribution >= 0.6 is 0 Å². The van der Waals surface area contributed by atoms with Crippen molar-refractivity contribution in [2.75, 3.05) is 13.1 Å². The Balaban J connectivity index is 1.69. The largest absolute Gasteiger partial charge is 0.333 e. The first kappa shape index (κ1) is 20.4. The van der Waals surface area contributed by atoms with Gasteiger partial charge >= 0.3 is 6.55 Å². The van der Waals surface area contributed by atoms with Crippen molar-refractivity contribution in [1.82, 2.24) is 29.3 Å². The van der Waals surface area contributed by atoms with Crippen LogP contribution in [-0.2, 0) is 10.0 Å². The molecule has 1 saturated heterocycles. The van der Waals surface area contributed by atoms with E-state index >= 15 is 0 Å². The van der Waals surface area contributed by atoms with Crippen molar-refractivity contribution in [2.45, 2.75) is 69.7 Å². The van der Waals surface area contributed by atoms with E-state index in [1.54, 1.807) is 0 Å². The van der Waals surface area contributed by atoms with E-state index in [1.165, 1.54) is 11.2 Å². The summed E-state index contributed by atoms with van der Waals surface area (Å²) in [6.07, 6.45) is 4.93. The second-order valence-electron chi connectivity index (χ2n) is 8.47. The number of hydrogen-bond donors (Lipinski definition) is 1. The van der Waals surface area contributed by atoms with Gasteiger partial charge in [-0.2, -0.15) is 23.3 Å². The van der Waals surface area contributed by atoms with E-state index < -0.39 is 16.6 Å². The van der Waals surface area contributed by atoms with Crippen molar-refractivity contribution in [1.29, 1.82) is 0 Å². The summed E-state index contributed by atoms with van der Waals surface area (Å²) in [4.78, 5) is 4.48. The van der Waals surface area contributed by atoms with Gasteiger partial charge in [0.25, 0.3) is 0 Å². The normalized spacial score (nSPS) is 22.5. The van der Waals surface area contributed by atoms with Crippen LogP contribution in [0.4, 0.5) is 8.78 Å². The molecule has 1 aliphatic heterocycles. The molecule has 11 heteroatoms. The minimum atomic E-state index is -3.94. The topological polar surface area (TPSA) is 96.8 Å². The summed E-state index contributed by atoms with van der Waals surface area (Å²) < 4.78 is 54.6. The van der Waals surface area contributed by atoms with Gasteiger partial charge in [-0.05, 0) is 25.2 Å². The van der Waals surface area contributed by atoms with E-state index in [0.717, 1.165) is 31.9 Å². The van der Waals surface area contributed by atoms with Crippen LogP contribution in [0, 0.1) is 12.3 Å². The summed E-state index contributed by atoms with van der Waals surface area (Å²) >= 11 is 0. The molecular formula is C18H26F2N6O2S. The minimum absolute atomic E-state index is 0.0503. The number of alkyl halides is 2. The Morgan fingerprint density at radius 3 is 2.52 bits per heavy atom. The molecule has 160 valence electrons. The van der Waals surface area contributed by atoms with Crippen molar-refractivity contribution < 1.29 is 17.2 Å². The van der Waals surface area contributed by atoms with E-state index in [-0.39, 0.29) is 34.4 Å². The first-order valence-corrected chi connectivity index (χ1v) is 11.3. The summed E-state index contributed by atoms with van der Waals surface area (Å²) in [6, 6.07) is 0. The van der Waals surface area contributed by atoms with Crippen molar-refractivity contribution in [3.63, 3.8) is 0 Å². The Hall–Kier alpha value is -1.88. The fourth-order valence-corrected chi connectivity index (χ4v) is 6.46.